The molecule has 2 rings (SSSR count). The highest BCUT2D eigenvalue weighted by Gasteiger charge is 2.23. The van der Waals surface area contributed by atoms with Crippen LogP contribution in [0.15, 0.2) is 29.2 Å². The van der Waals surface area contributed by atoms with Crippen LogP contribution in [0.1, 0.15) is 37.0 Å². The Morgan fingerprint density at radius 2 is 1.96 bits per heavy atom. The second-order valence-electron chi connectivity index (χ2n) is 6.14. The van der Waals surface area contributed by atoms with Crippen LogP contribution >= 0.6 is 12.4 Å². The summed E-state index contributed by atoms with van der Waals surface area (Å²) in [5.74, 6) is -0.181. The average Bonchev–Trinajstić information content (AvgIpc) is 3.05. The minimum absolute atomic E-state index is 0. The van der Waals surface area contributed by atoms with Crippen LogP contribution in [0, 0.1) is 0 Å². The van der Waals surface area contributed by atoms with Crippen LogP contribution in [-0.4, -0.2) is 50.9 Å². The van der Waals surface area contributed by atoms with Crippen LogP contribution in [0.5, 0.6) is 0 Å². The number of carbonyl (C=O) groups excluding carboxylic acids is 1. The number of hydrogen-bond donors (Lipinski definition) is 2. The van der Waals surface area contributed by atoms with E-state index in [1.807, 2.05) is 13.8 Å². The van der Waals surface area contributed by atoms with Gasteiger partial charge in [0.25, 0.3) is 5.91 Å². The van der Waals surface area contributed by atoms with E-state index in [2.05, 4.69) is 10.6 Å². The molecule has 8 heteroatoms. The van der Waals surface area contributed by atoms with E-state index < -0.39 is 10.0 Å². The molecule has 1 amide bonds. The molecular weight excluding hydrogens is 350 g/mol. The normalized spacial score (nSPS) is 17.8. The monoisotopic (exact) mass is 375 g/mol. The minimum atomic E-state index is -3.51. The van der Waals surface area contributed by atoms with Gasteiger partial charge >= 0.3 is 0 Å². The third-order valence-corrected chi connectivity index (χ3v) is 6.24. The van der Waals surface area contributed by atoms with Gasteiger partial charge in [-0.3, -0.25) is 4.79 Å². The maximum atomic E-state index is 12.4. The molecule has 1 fully saturated rings. The number of nitrogens with zero attached hydrogens (tertiary/aromatic N) is 1. The summed E-state index contributed by atoms with van der Waals surface area (Å²) in [5.41, 5.74) is 0.467. The van der Waals surface area contributed by atoms with Crippen molar-refractivity contribution in [3.05, 3.63) is 29.8 Å². The lowest BCUT2D eigenvalue weighted by molar-refractivity contribution is 0.0950. The van der Waals surface area contributed by atoms with Gasteiger partial charge in [0.2, 0.25) is 10.0 Å². The van der Waals surface area contributed by atoms with Gasteiger partial charge < -0.3 is 10.6 Å². The van der Waals surface area contributed by atoms with Crippen LogP contribution in [0.2, 0.25) is 0 Å². The third-order valence-electron chi connectivity index (χ3n) is 4.19. The fourth-order valence-corrected chi connectivity index (χ4v) is 3.84. The lowest BCUT2D eigenvalue weighted by Crippen LogP contribution is -2.37. The molecule has 1 unspecified atom stereocenters. The van der Waals surface area contributed by atoms with Gasteiger partial charge in [-0.25, -0.2) is 8.42 Å². The molecule has 136 valence electrons. The fourth-order valence-electron chi connectivity index (χ4n) is 2.47. The van der Waals surface area contributed by atoms with Crippen molar-refractivity contribution < 1.29 is 13.2 Å². The largest absolute Gasteiger partial charge is 0.350 e. The molecular formula is C16H26ClN3O3S. The molecule has 2 N–H and O–H groups in total. The van der Waals surface area contributed by atoms with Gasteiger partial charge in [-0.15, -0.1) is 12.4 Å². The SMILES string of the molecule is CC(C)N(C)S(=O)(=O)c1ccc(C(=O)NCC2CCCN2)cc1.Cl. The van der Waals surface area contributed by atoms with Crippen molar-refractivity contribution in [3.8, 4) is 0 Å². The highest BCUT2D eigenvalue weighted by atomic mass is 35.5. The number of nitrogens with one attached hydrogen (secondary N) is 2. The summed E-state index contributed by atoms with van der Waals surface area (Å²) in [6.07, 6.45) is 2.20. The molecule has 1 aliphatic rings. The van der Waals surface area contributed by atoms with Gasteiger partial charge in [-0.1, -0.05) is 0 Å². The topological polar surface area (TPSA) is 78.5 Å². The summed E-state index contributed by atoms with van der Waals surface area (Å²) in [7, 11) is -1.96. The minimum Gasteiger partial charge on any atom is -0.350 e. The Morgan fingerprint density at radius 1 is 1.33 bits per heavy atom. The molecule has 1 aliphatic heterocycles. The first-order chi connectivity index (χ1) is 10.8. The predicted octanol–water partition coefficient (Wildman–Crippen LogP) is 1.62. The van der Waals surface area contributed by atoms with Crippen molar-refractivity contribution in [2.45, 2.75) is 43.7 Å². The van der Waals surface area contributed by atoms with E-state index in [0.29, 0.717) is 18.2 Å². The van der Waals surface area contributed by atoms with E-state index in [1.54, 1.807) is 19.2 Å². The van der Waals surface area contributed by atoms with Crippen molar-refractivity contribution in [3.63, 3.8) is 0 Å². The number of carbonyl (C=O) groups is 1. The molecule has 0 aliphatic carbocycles. The smallest absolute Gasteiger partial charge is 0.251 e. The molecule has 1 atom stereocenters. The number of rotatable bonds is 6. The van der Waals surface area contributed by atoms with Gasteiger partial charge in [0.05, 0.1) is 4.90 Å². The first-order valence-electron chi connectivity index (χ1n) is 7.92. The van der Waals surface area contributed by atoms with Crippen molar-refractivity contribution in [1.29, 1.82) is 0 Å². The molecule has 0 saturated carbocycles. The van der Waals surface area contributed by atoms with E-state index in [1.165, 1.54) is 16.4 Å². The molecule has 1 heterocycles. The Labute approximate surface area is 150 Å². The second kappa shape index (κ2) is 8.80. The summed E-state index contributed by atoms with van der Waals surface area (Å²) >= 11 is 0. The van der Waals surface area contributed by atoms with E-state index in [0.717, 1.165) is 19.4 Å². The predicted molar refractivity (Wildman–Crippen MR) is 97.1 cm³/mol. The Morgan fingerprint density at radius 3 is 2.46 bits per heavy atom. The zero-order valence-electron chi connectivity index (χ0n) is 14.3. The van der Waals surface area contributed by atoms with Gasteiger partial charge in [0.1, 0.15) is 0 Å². The fraction of sp³-hybridized carbons (Fsp3) is 0.562. The summed E-state index contributed by atoms with van der Waals surface area (Å²) < 4.78 is 26.1. The highest BCUT2D eigenvalue weighted by molar-refractivity contribution is 7.89. The van der Waals surface area contributed by atoms with Gasteiger partial charge in [-0.2, -0.15) is 4.31 Å². The molecule has 1 saturated heterocycles. The number of sulfonamides is 1. The molecule has 1 aromatic rings. The van der Waals surface area contributed by atoms with Crippen molar-refractivity contribution in [1.82, 2.24) is 14.9 Å². The Balaban J connectivity index is 0.00000288. The van der Waals surface area contributed by atoms with Crippen molar-refractivity contribution >= 4 is 28.3 Å². The molecule has 0 spiro atoms. The Hall–Kier alpha value is -1.15. The summed E-state index contributed by atoms with van der Waals surface area (Å²) in [5, 5.41) is 6.19. The number of hydrogen-bond acceptors (Lipinski definition) is 4. The summed E-state index contributed by atoms with van der Waals surface area (Å²) in [6.45, 7) is 5.22. The zero-order valence-corrected chi connectivity index (χ0v) is 15.9. The van der Waals surface area contributed by atoms with E-state index >= 15 is 0 Å². The quantitative estimate of drug-likeness (QED) is 0.791. The zero-order chi connectivity index (χ0) is 17.0. The molecule has 0 radical (unpaired) electrons. The third kappa shape index (κ3) is 4.92. The lowest BCUT2D eigenvalue weighted by atomic mass is 10.2. The van der Waals surface area contributed by atoms with Crippen LogP contribution in [0.4, 0.5) is 0 Å². The first-order valence-corrected chi connectivity index (χ1v) is 9.36. The van der Waals surface area contributed by atoms with Crippen molar-refractivity contribution in [2.24, 2.45) is 0 Å². The van der Waals surface area contributed by atoms with Gasteiger partial charge in [0.15, 0.2) is 0 Å². The number of amides is 1. The van der Waals surface area contributed by atoms with Crippen LogP contribution in [0.25, 0.3) is 0 Å². The van der Waals surface area contributed by atoms with Crippen LogP contribution in [0.3, 0.4) is 0 Å². The van der Waals surface area contributed by atoms with Crippen LogP contribution < -0.4 is 10.6 Å². The molecule has 24 heavy (non-hydrogen) atoms. The second-order valence-corrected chi connectivity index (χ2v) is 8.14. The summed E-state index contributed by atoms with van der Waals surface area (Å²) in [4.78, 5) is 12.3. The van der Waals surface area contributed by atoms with Crippen LogP contribution in [-0.2, 0) is 10.0 Å². The average molecular weight is 376 g/mol. The van der Waals surface area contributed by atoms with Crippen molar-refractivity contribution in [2.75, 3.05) is 20.1 Å². The van der Waals surface area contributed by atoms with E-state index in [9.17, 15) is 13.2 Å². The molecule has 1 aromatic carbocycles. The molecule has 6 nitrogen and oxygen atoms in total. The van der Waals surface area contributed by atoms with Gasteiger partial charge in [0, 0.05) is 31.2 Å². The molecule has 0 aromatic heterocycles. The Bertz CT molecular complexity index is 641. The van der Waals surface area contributed by atoms with E-state index in [-0.39, 0.29) is 29.3 Å². The molecule has 0 bridgehead atoms. The van der Waals surface area contributed by atoms with Gasteiger partial charge in [-0.05, 0) is 57.5 Å². The Kier molecular flexibility index (Phi) is 7.66. The van der Waals surface area contributed by atoms with E-state index in [4.69, 9.17) is 0 Å². The number of benzene rings is 1. The first kappa shape index (κ1) is 20.9. The highest BCUT2D eigenvalue weighted by Crippen LogP contribution is 2.17. The summed E-state index contributed by atoms with van der Waals surface area (Å²) in [6, 6.07) is 6.28. The standard InChI is InChI=1S/C16H25N3O3S.ClH/c1-12(2)19(3)23(21,22)15-8-6-13(7-9-15)16(20)18-11-14-5-4-10-17-14;/h6-9,12,14,17H,4-5,10-11H2,1-3H3,(H,18,20);1H. The lowest BCUT2D eigenvalue weighted by Gasteiger charge is -2.21. The maximum Gasteiger partial charge on any atom is 0.251 e. The number of halogens is 1. The maximum absolute atomic E-state index is 12.4.